The second-order valence-electron chi connectivity index (χ2n) is 7.27. The number of rotatable bonds is 4. The number of fused-ring (bicyclic) bond motifs is 3. The Balaban J connectivity index is 1.56. The van der Waals surface area contributed by atoms with E-state index in [1.165, 1.54) is 42.6 Å². The Morgan fingerprint density at radius 2 is 1.88 bits per heavy atom. The fourth-order valence-corrected chi connectivity index (χ4v) is 4.69. The van der Waals surface area contributed by atoms with Gasteiger partial charge in [-0.15, -0.1) is 0 Å². The summed E-state index contributed by atoms with van der Waals surface area (Å²) in [6.45, 7) is 5.52. The predicted molar refractivity (Wildman–Crippen MR) is 100 cm³/mol. The van der Waals surface area contributed by atoms with Gasteiger partial charge in [0.05, 0.1) is 6.04 Å². The van der Waals surface area contributed by atoms with E-state index < -0.39 is 0 Å². The summed E-state index contributed by atoms with van der Waals surface area (Å²) in [5, 5.41) is 4.72. The molecular formula is C21H25ClN2. The molecule has 2 aromatic carbocycles. The average Bonchev–Trinajstić information content (AvgIpc) is 2.60. The Kier molecular flexibility index (Phi) is 4.62. The topological polar surface area (TPSA) is 15.3 Å². The second-order valence-corrected chi connectivity index (χ2v) is 7.71. The maximum Gasteiger partial charge on any atom is 0.0504 e. The van der Waals surface area contributed by atoms with Gasteiger partial charge >= 0.3 is 0 Å². The first-order valence-corrected chi connectivity index (χ1v) is 9.37. The molecule has 3 aliphatic heterocycles. The highest BCUT2D eigenvalue weighted by Crippen LogP contribution is 2.41. The minimum absolute atomic E-state index is 0.445. The van der Waals surface area contributed by atoms with E-state index in [0.29, 0.717) is 12.1 Å². The third kappa shape index (κ3) is 3.23. The molecule has 2 nitrogen and oxygen atoms in total. The minimum Gasteiger partial charge on any atom is -0.308 e. The summed E-state index contributed by atoms with van der Waals surface area (Å²) < 4.78 is 0. The minimum atomic E-state index is 0.445. The molecule has 0 saturated carbocycles. The van der Waals surface area contributed by atoms with Gasteiger partial charge in [-0.05, 0) is 62.0 Å². The number of hydrogen-bond acceptors (Lipinski definition) is 2. The zero-order valence-electron chi connectivity index (χ0n) is 14.2. The van der Waals surface area contributed by atoms with Crippen LogP contribution in [-0.4, -0.2) is 24.0 Å². The lowest BCUT2D eigenvalue weighted by Gasteiger charge is -2.51. The van der Waals surface area contributed by atoms with Crippen molar-refractivity contribution in [3.05, 3.63) is 70.2 Å². The van der Waals surface area contributed by atoms with Crippen molar-refractivity contribution in [3.8, 4) is 0 Å². The lowest BCUT2D eigenvalue weighted by atomic mass is 9.76. The number of nitrogens with one attached hydrogen (secondary N) is 1. The Morgan fingerprint density at radius 1 is 1.08 bits per heavy atom. The van der Waals surface area contributed by atoms with Crippen molar-refractivity contribution in [1.29, 1.82) is 0 Å². The number of benzene rings is 2. The van der Waals surface area contributed by atoms with Gasteiger partial charge in [0.25, 0.3) is 0 Å². The molecule has 5 rings (SSSR count). The van der Waals surface area contributed by atoms with E-state index >= 15 is 0 Å². The first-order valence-electron chi connectivity index (χ1n) is 8.99. The Hall–Kier alpha value is -1.35. The van der Waals surface area contributed by atoms with Crippen LogP contribution in [0.3, 0.4) is 0 Å². The Labute approximate surface area is 149 Å². The summed E-state index contributed by atoms with van der Waals surface area (Å²) in [5.41, 5.74) is 4.06. The number of nitrogens with zero attached hydrogens (tertiary/aromatic N) is 1. The van der Waals surface area contributed by atoms with E-state index in [-0.39, 0.29) is 0 Å². The molecule has 0 aliphatic carbocycles. The van der Waals surface area contributed by atoms with Gasteiger partial charge < -0.3 is 5.32 Å². The zero-order valence-corrected chi connectivity index (χ0v) is 15.0. The molecule has 2 aromatic rings. The highest BCUT2D eigenvalue weighted by molar-refractivity contribution is 6.30. The molecule has 3 fully saturated rings. The van der Waals surface area contributed by atoms with Crippen molar-refractivity contribution in [3.63, 3.8) is 0 Å². The van der Waals surface area contributed by atoms with Crippen LogP contribution >= 0.6 is 11.6 Å². The van der Waals surface area contributed by atoms with Gasteiger partial charge in [0.1, 0.15) is 0 Å². The summed E-state index contributed by atoms with van der Waals surface area (Å²) in [6, 6.07) is 18.2. The van der Waals surface area contributed by atoms with Crippen LogP contribution in [0.25, 0.3) is 0 Å². The van der Waals surface area contributed by atoms with Crippen LogP contribution in [0, 0.1) is 12.8 Å². The van der Waals surface area contributed by atoms with Crippen LogP contribution in [0.1, 0.15) is 35.6 Å². The second kappa shape index (κ2) is 6.87. The van der Waals surface area contributed by atoms with E-state index in [1.807, 2.05) is 6.07 Å². The van der Waals surface area contributed by atoms with E-state index in [0.717, 1.165) is 17.5 Å². The molecular weight excluding hydrogens is 316 g/mol. The number of hydrogen-bond donors (Lipinski definition) is 1. The third-order valence-corrected chi connectivity index (χ3v) is 5.87. The molecule has 3 heterocycles. The molecule has 2 bridgehead atoms. The van der Waals surface area contributed by atoms with Crippen molar-refractivity contribution >= 4 is 11.6 Å². The van der Waals surface area contributed by atoms with Gasteiger partial charge in [0, 0.05) is 17.6 Å². The molecule has 126 valence electrons. The molecule has 3 saturated heterocycles. The summed E-state index contributed by atoms with van der Waals surface area (Å²) >= 11 is 6.27. The van der Waals surface area contributed by atoms with Gasteiger partial charge in [-0.3, -0.25) is 4.90 Å². The van der Waals surface area contributed by atoms with E-state index in [1.54, 1.807) is 0 Å². The first kappa shape index (κ1) is 16.1. The molecule has 3 heteroatoms. The SMILES string of the molecule is Cc1cccc(CNC2C3CCN(CC3)C2c2cccc(Cl)c2)c1. The molecule has 24 heavy (non-hydrogen) atoms. The molecule has 0 spiro atoms. The van der Waals surface area contributed by atoms with Crippen molar-refractivity contribution in [2.75, 3.05) is 13.1 Å². The number of aryl methyl sites for hydroxylation is 1. The van der Waals surface area contributed by atoms with Crippen LogP contribution in [0.2, 0.25) is 5.02 Å². The van der Waals surface area contributed by atoms with Crippen LogP contribution in [-0.2, 0) is 6.54 Å². The summed E-state index contributed by atoms with van der Waals surface area (Å²) in [7, 11) is 0. The van der Waals surface area contributed by atoms with Gasteiger partial charge in [0.15, 0.2) is 0 Å². The number of piperidine rings is 3. The van der Waals surface area contributed by atoms with Gasteiger partial charge in [-0.1, -0.05) is 53.6 Å². The summed E-state index contributed by atoms with van der Waals surface area (Å²) in [5.74, 6) is 0.767. The van der Waals surface area contributed by atoms with Crippen molar-refractivity contribution in [1.82, 2.24) is 10.2 Å². The van der Waals surface area contributed by atoms with Crippen LogP contribution in [0.15, 0.2) is 48.5 Å². The van der Waals surface area contributed by atoms with E-state index in [2.05, 4.69) is 59.6 Å². The smallest absolute Gasteiger partial charge is 0.0504 e. The van der Waals surface area contributed by atoms with E-state index in [9.17, 15) is 0 Å². The quantitative estimate of drug-likeness (QED) is 0.876. The molecule has 0 aromatic heterocycles. The average molecular weight is 341 g/mol. The first-order chi connectivity index (χ1) is 11.7. The standard InChI is InChI=1S/C21H25ClN2/c1-15-4-2-5-16(12-15)14-23-20-17-8-10-24(11-9-17)21(20)18-6-3-7-19(22)13-18/h2-7,12-13,17,20-21,23H,8-11,14H2,1H3. The maximum absolute atomic E-state index is 6.27. The molecule has 2 unspecified atom stereocenters. The van der Waals surface area contributed by atoms with Gasteiger partial charge in [-0.2, -0.15) is 0 Å². The fraction of sp³-hybridized carbons (Fsp3) is 0.429. The third-order valence-electron chi connectivity index (χ3n) is 5.63. The molecule has 2 atom stereocenters. The fourth-order valence-electron chi connectivity index (χ4n) is 4.49. The van der Waals surface area contributed by atoms with E-state index in [4.69, 9.17) is 11.6 Å². The Bertz CT molecular complexity index is 706. The lowest BCUT2D eigenvalue weighted by Crippen LogP contribution is -2.57. The highest BCUT2D eigenvalue weighted by atomic mass is 35.5. The summed E-state index contributed by atoms with van der Waals surface area (Å²) in [4.78, 5) is 2.64. The number of halogens is 1. The van der Waals surface area contributed by atoms with Gasteiger partial charge in [-0.25, -0.2) is 0 Å². The highest BCUT2D eigenvalue weighted by Gasteiger charge is 2.42. The van der Waals surface area contributed by atoms with Gasteiger partial charge in [0.2, 0.25) is 0 Å². The maximum atomic E-state index is 6.27. The molecule has 3 aliphatic rings. The van der Waals surface area contributed by atoms with Crippen molar-refractivity contribution in [2.45, 2.75) is 38.4 Å². The Morgan fingerprint density at radius 3 is 2.62 bits per heavy atom. The van der Waals surface area contributed by atoms with Crippen LogP contribution in [0.5, 0.6) is 0 Å². The lowest BCUT2D eigenvalue weighted by molar-refractivity contribution is 0.0112. The van der Waals surface area contributed by atoms with Crippen molar-refractivity contribution < 1.29 is 0 Å². The van der Waals surface area contributed by atoms with Crippen LogP contribution < -0.4 is 5.32 Å². The molecule has 1 N–H and O–H groups in total. The molecule has 0 radical (unpaired) electrons. The predicted octanol–water partition coefficient (Wildman–Crippen LogP) is 4.57. The van der Waals surface area contributed by atoms with Crippen LogP contribution in [0.4, 0.5) is 0 Å². The largest absolute Gasteiger partial charge is 0.308 e. The zero-order chi connectivity index (χ0) is 16.5. The van der Waals surface area contributed by atoms with Crippen molar-refractivity contribution in [2.24, 2.45) is 5.92 Å². The molecule has 0 amide bonds. The monoisotopic (exact) mass is 340 g/mol. The normalized spacial score (nSPS) is 28.9. The summed E-state index contributed by atoms with van der Waals surface area (Å²) in [6.07, 6.45) is 2.62.